The number of hydrogen-bond donors (Lipinski definition) is 1. The molecule has 2 N–H and O–H groups in total. The zero-order valence-corrected chi connectivity index (χ0v) is 23.1. The van der Waals surface area contributed by atoms with E-state index in [0.717, 1.165) is 41.8 Å². The molecule has 0 bridgehead atoms. The highest BCUT2D eigenvalue weighted by atomic mass is 32.2. The largest absolute Gasteiger partial charge is 0.416 e. The summed E-state index contributed by atoms with van der Waals surface area (Å²) in [4.78, 5) is 4.68. The fraction of sp³-hybridized carbons (Fsp3) is 0.129. The van der Waals surface area contributed by atoms with E-state index >= 15 is 0 Å². The highest BCUT2D eigenvalue weighted by Crippen LogP contribution is 2.33. The summed E-state index contributed by atoms with van der Waals surface area (Å²) in [6.07, 6.45) is -3.96. The van der Waals surface area contributed by atoms with Crippen molar-refractivity contribution in [1.82, 2.24) is 5.01 Å². The third-order valence-electron chi connectivity index (χ3n) is 6.60. The molecule has 4 aromatic rings. The Morgan fingerprint density at radius 2 is 1.53 bits per heavy atom. The Kier molecular flexibility index (Phi) is 8.86. The minimum Gasteiger partial charge on any atom is -0.383 e. The molecule has 43 heavy (non-hydrogen) atoms. The van der Waals surface area contributed by atoms with Crippen LogP contribution in [0.5, 0.6) is 0 Å². The van der Waals surface area contributed by atoms with Crippen LogP contribution in [0.2, 0.25) is 0 Å². The Morgan fingerprint density at radius 3 is 2.19 bits per heavy atom. The summed E-state index contributed by atoms with van der Waals surface area (Å²) >= 11 is 0.825. The first-order chi connectivity index (χ1) is 20.6. The van der Waals surface area contributed by atoms with Crippen LogP contribution in [-0.4, -0.2) is 29.1 Å². The maximum atomic E-state index is 14.5. The second kappa shape index (κ2) is 12.7. The molecule has 0 radical (unpaired) electrons. The van der Waals surface area contributed by atoms with Crippen molar-refractivity contribution in [3.63, 3.8) is 0 Å². The average molecular weight is 612 g/mol. The average Bonchev–Trinajstić information content (AvgIpc) is 2.99. The fourth-order valence-corrected chi connectivity index (χ4v) is 5.04. The van der Waals surface area contributed by atoms with E-state index < -0.39 is 29.2 Å². The molecule has 0 fully saturated rings. The van der Waals surface area contributed by atoms with Crippen molar-refractivity contribution < 1.29 is 26.3 Å². The van der Waals surface area contributed by atoms with Crippen molar-refractivity contribution >= 4 is 29.5 Å². The van der Waals surface area contributed by atoms with Gasteiger partial charge in [0.15, 0.2) is 0 Å². The SMILES string of the molecule is N/C(=N\C(=N\Sc1ccc(C(F)(F)F)cc1)N1CCC(c2ccccc2)C(c2ccc(F)cc2)=N1)c1ccc(F)cc1F. The van der Waals surface area contributed by atoms with Crippen LogP contribution >= 0.6 is 11.9 Å². The van der Waals surface area contributed by atoms with Crippen LogP contribution in [0.15, 0.2) is 116 Å². The third-order valence-corrected chi connectivity index (χ3v) is 7.34. The number of alkyl halides is 3. The summed E-state index contributed by atoms with van der Waals surface area (Å²) < 4.78 is 85.3. The molecule has 0 aliphatic carbocycles. The molecular formula is C31H23F6N5S. The Morgan fingerprint density at radius 1 is 0.860 bits per heavy atom. The number of rotatable bonds is 5. The molecule has 0 aromatic heterocycles. The fourth-order valence-electron chi connectivity index (χ4n) is 4.46. The molecule has 0 spiro atoms. The van der Waals surface area contributed by atoms with Gasteiger partial charge >= 0.3 is 6.18 Å². The van der Waals surface area contributed by atoms with Gasteiger partial charge in [0.05, 0.1) is 16.8 Å². The molecule has 1 heterocycles. The van der Waals surface area contributed by atoms with Gasteiger partial charge in [-0.05, 0) is 66.1 Å². The smallest absolute Gasteiger partial charge is 0.383 e. The Bertz CT molecular complexity index is 1670. The molecule has 0 amide bonds. The molecule has 12 heteroatoms. The number of nitrogens with zero attached hydrogens (tertiary/aromatic N) is 4. The van der Waals surface area contributed by atoms with Gasteiger partial charge in [-0.2, -0.15) is 27.7 Å². The lowest BCUT2D eigenvalue weighted by Gasteiger charge is -2.30. The van der Waals surface area contributed by atoms with Crippen LogP contribution in [0.4, 0.5) is 26.3 Å². The van der Waals surface area contributed by atoms with Gasteiger partial charge in [-0.25, -0.2) is 18.2 Å². The zero-order valence-electron chi connectivity index (χ0n) is 22.3. The van der Waals surface area contributed by atoms with E-state index in [1.807, 2.05) is 30.3 Å². The van der Waals surface area contributed by atoms with E-state index in [4.69, 9.17) is 10.8 Å². The van der Waals surface area contributed by atoms with Crippen LogP contribution in [0.1, 0.15) is 34.6 Å². The predicted octanol–water partition coefficient (Wildman–Crippen LogP) is 7.79. The molecular weight excluding hydrogens is 588 g/mol. The van der Waals surface area contributed by atoms with Crippen LogP contribution < -0.4 is 5.73 Å². The van der Waals surface area contributed by atoms with Crippen molar-refractivity contribution in [3.05, 3.63) is 137 Å². The van der Waals surface area contributed by atoms with Crippen molar-refractivity contribution in [2.45, 2.75) is 23.4 Å². The van der Waals surface area contributed by atoms with Crippen molar-refractivity contribution in [2.24, 2.45) is 20.2 Å². The number of hydrazone groups is 1. The molecule has 1 aliphatic rings. The first-order valence-electron chi connectivity index (χ1n) is 13.0. The Hall–Kier alpha value is -4.58. The number of nitrogens with two attached hydrogens (primary N) is 1. The summed E-state index contributed by atoms with van der Waals surface area (Å²) in [5.74, 6) is -2.69. The highest BCUT2D eigenvalue weighted by Gasteiger charge is 2.30. The minimum absolute atomic E-state index is 0.0720. The van der Waals surface area contributed by atoms with Crippen LogP contribution in [0, 0.1) is 17.5 Å². The maximum absolute atomic E-state index is 14.5. The molecule has 5 nitrogen and oxygen atoms in total. The standard InChI is InChI=1S/C31H23F6N5S/c32-22-10-6-20(7-11-22)28-25(19-4-2-1-3-5-19)16-17-42(40-28)30(39-29(38)26-15-12-23(33)18-27(26)34)41-43-24-13-8-21(9-14-24)31(35,36)37/h1-15,18,25H,16-17H2,(H2,38,39,41). The van der Waals surface area contributed by atoms with E-state index in [-0.39, 0.29) is 23.3 Å². The summed E-state index contributed by atoms with van der Waals surface area (Å²) in [5.41, 5.74) is 7.37. The Labute approximate surface area is 247 Å². The van der Waals surface area contributed by atoms with Gasteiger partial charge in [0.1, 0.15) is 23.3 Å². The van der Waals surface area contributed by atoms with Crippen molar-refractivity contribution in [2.75, 3.05) is 6.54 Å². The summed E-state index contributed by atoms with van der Waals surface area (Å²) in [5, 5.41) is 6.25. The lowest BCUT2D eigenvalue weighted by atomic mass is 9.86. The third kappa shape index (κ3) is 7.26. The molecule has 5 rings (SSSR count). The number of benzene rings is 4. The molecule has 1 atom stereocenters. The van der Waals surface area contributed by atoms with Gasteiger partial charge < -0.3 is 5.73 Å². The summed E-state index contributed by atoms with van der Waals surface area (Å²) in [7, 11) is 0. The number of guanidine groups is 1. The molecule has 4 aromatic carbocycles. The number of hydrogen-bond acceptors (Lipinski definition) is 3. The van der Waals surface area contributed by atoms with Crippen molar-refractivity contribution in [1.29, 1.82) is 0 Å². The van der Waals surface area contributed by atoms with Crippen LogP contribution in [0.25, 0.3) is 0 Å². The minimum atomic E-state index is -4.50. The second-order valence-electron chi connectivity index (χ2n) is 9.49. The molecule has 220 valence electrons. The van der Waals surface area contributed by atoms with Crippen LogP contribution in [0.3, 0.4) is 0 Å². The molecule has 1 unspecified atom stereocenters. The maximum Gasteiger partial charge on any atom is 0.416 e. The zero-order chi connectivity index (χ0) is 30.6. The lowest BCUT2D eigenvalue weighted by molar-refractivity contribution is -0.137. The molecule has 0 saturated carbocycles. The summed E-state index contributed by atoms with van der Waals surface area (Å²) in [6, 6.07) is 22.7. The predicted molar refractivity (Wildman–Crippen MR) is 155 cm³/mol. The Balaban J connectivity index is 1.57. The van der Waals surface area contributed by atoms with Gasteiger partial charge in [0, 0.05) is 35.4 Å². The van der Waals surface area contributed by atoms with Gasteiger partial charge in [0.25, 0.3) is 5.96 Å². The van der Waals surface area contributed by atoms with E-state index in [9.17, 15) is 26.3 Å². The number of amidine groups is 1. The number of aliphatic imine (C=N–C) groups is 1. The quantitative estimate of drug-likeness (QED) is 0.109. The van der Waals surface area contributed by atoms with Gasteiger partial charge in [-0.1, -0.05) is 42.5 Å². The van der Waals surface area contributed by atoms with Crippen molar-refractivity contribution in [3.8, 4) is 0 Å². The van der Waals surface area contributed by atoms with E-state index in [1.54, 1.807) is 12.1 Å². The summed E-state index contributed by atoms with van der Waals surface area (Å²) in [6.45, 7) is 0.291. The molecule has 0 saturated heterocycles. The van der Waals surface area contributed by atoms with E-state index in [1.165, 1.54) is 29.3 Å². The highest BCUT2D eigenvalue weighted by molar-refractivity contribution is 7.98. The first-order valence-corrected chi connectivity index (χ1v) is 13.7. The lowest BCUT2D eigenvalue weighted by Crippen LogP contribution is -2.36. The van der Waals surface area contributed by atoms with Gasteiger partial charge in [0.2, 0.25) is 0 Å². The van der Waals surface area contributed by atoms with E-state index in [2.05, 4.69) is 9.39 Å². The normalized spacial score (nSPS) is 16.3. The number of halogens is 6. The first kappa shape index (κ1) is 29.9. The van der Waals surface area contributed by atoms with Gasteiger partial charge in [-0.15, -0.1) is 0 Å². The molecule has 1 aliphatic heterocycles. The van der Waals surface area contributed by atoms with Crippen LogP contribution in [-0.2, 0) is 6.18 Å². The van der Waals surface area contributed by atoms with E-state index in [0.29, 0.717) is 35.2 Å². The topological polar surface area (TPSA) is 66.3 Å². The monoisotopic (exact) mass is 611 g/mol. The van der Waals surface area contributed by atoms with Gasteiger partial charge in [-0.3, -0.25) is 0 Å². The second-order valence-corrected chi connectivity index (χ2v) is 10.3.